The van der Waals surface area contributed by atoms with E-state index >= 15 is 0 Å². The molecule has 0 aliphatic rings. The summed E-state index contributed by atoms with van der Waals surface area (Å²) in [7, 11) is 1.43. The molecule has 10 nitrogen and oxygen atoms in total. The molecule has 11 heteroatoms. The molecule has 0 rings (SSSR count). The Morgan fingerprint density at radius 2 is 1.15 bits per heavy atom. The molecule has 318 valence electrons. The quantitative estimate of drug-likeness (QED) is 0.0180. The largest absolute Gasteiger partial charge is 0.472 e. The highest BCUT2D eigenvalue weighted by Crippen LogP contribution is 2.43. The Balaban J connectivity index is 4.67. The Morgan fingerprint density at radius 1 is 0.648 bits per heavy atom. The van der Waals surface area contributed by atoms with E-state index in [0.29, 0.717) is 30.3 Å². The minimum Gasteiger partial charge on any atom is -0.391 e. The lowest BCUT2D eigenvalue weighted by molar-refractivity contribution is -0.870. The number of hydrogen-bond acceptors (Lipinski definition) is 7. The number of aliphatic hydroxyl groups is 3. The molecule has 54 heavy (non-hydrogen) atoms. The van der Waals surface area contributed by atoms with Crippen LogP contribution < -0.4 is 5.32 Å². The van der Waals surface area contributed by atoms with E-state index in [1.807, 2.05) is 33.3 Å². The number of quaternary nitrogens is 1. The predicted octanol–water partition coefficient (Wildman–Crippen LogP) is 9.46. The van der Waals surface area contributed by atoms with Crippen LogP contribution in [0, 0.1) is 0 Å². The first-order chi connectivity index (χ1) is 25.8. The van der Waals surface area contributed by atoms with Crippen molar-refractivity contribution in [1.29, 1.82) is 0 Å². The van der Waals surface area contributed by atoms with Gasteiger partial charge in [0.2, 0.25) is 5.91 Å². The Bertz CT molecular complexity index is 1020. The third-order valence-corrected chi connectivity index (χ3v) is 10.6. The maximum Gasteiger partial charge on any atom is 0.472 e. The number of carbonyl (C=O) groups is 1. The van der Waals surface area contributed by atoms with Gasteiger partial charge in [0, 0.05) is 6.42 Å². The van der Waals surface area contributed by atoms with Gasteiger partial charge in [-0.15, -0.1) is 0 Å². The summed E-state index contributed by atoms with van der Waals surface area (Å²) < 4.78 is 23.5. The van der Waals surface area contributed by atoms with Gasteiger partial charge in [0.1, 0.15) is 13.2 Å². The van der Waals surface area contributed by atoms with Crippen LogP contribution in [0.15, 0.2) is 36.5 Å². The molecule has 0 aliphatic carbocycles. The van der Waals surface area contributed by atoms with Gasteiger partial charge in [-0.25, -0.2) is 4.57 Å². The Labute approximate surface area is 331 Å². The van der Waals surface area contributed by atoms with Crippen LogP contribution in [-0.2, 0) is 18.4 Å². The summed E-state index contributed by atoms with van der Waals surface area (Å²) in [5.41, 5.74) is 0. The molecule has 0 bridgehead atoms. The van der Waals surface area contributed by atoms with Gasteiger partial charge in [-0.3, -0.25) is 13.8 Å². The van der Waals surface area contributed by atoms with Gasteiger partial charge in [0.05, 0.1) is 52.1 Å². The highest BCUT2D eigenvalue weighted by atomic mass is 31.2. The van der Waals surface area contributed by atoms with Gasteiger partial charge < -0.3 is 30.0 Å². The van der Waals surface area contributed by atoms with Crippen LogP contribution in [0.1, 0.15) is 168 Å². The van der Waals surface area contributed by atoms with Gasteiger partial charge in [0.25, 0.3) is 0 Å². The monoisotopic (exact) mass is 788 g/mol. The molecule has 0 spiro atoms. The molecule has 0 saturated carbocycles. The van der Waals surface area contributed by atoms with E-state index in [0.717, 1.165) is 38.5 Å². The molecule has 0 aliphatic heterocycles. The molecule has 0 aromatic heterocycles. The number of nitrogens with zero attached hydrogens (tertiary/aromatic N) is 1. The van der Waals surface area contributed by atoms with Crippen molar-refractivity contribution >= 4 is 13.7 Å². The van der Waals surface area contributed by atoms with Crippen molar-refractivity contribution in [2.45, 2.75) is 192 Å². The lowest BCUT2D eigenvalue weighted by Gasteiger charge is -2.26. The van der Waals surface area contributed by atoms with Crippen molar-refractivity contribution in [3.05, 3.63) is 36.5 Å². The maximum absolute atomic E-state index is 12.9. The van der Waals surface area contributed by atoms with Crippen molar-refractivity contribution in [2.75, 3.05) is 40.9 Å². The van der Waals surface area contributed by atoms with E-state index in [1.54, 1.807) is 0 Å². The predicted molar refractivity (Wildman–Crippen MR) is 224 cm³/mol. The number of likely N-dealkylation sites (N-methyl/N-ethyl adjacent to an activating group) is 1. The fourth-order valence-corrected chi connectivity index (χ4v) is 6.71. The number of aliphatic hydroxyl groups excluding tert-OH is 3. The standard InChI is InChI=1S/C43H83N2O8P/c1-6-8-10-12-14-16-18-20-22-23-25-27-29-32-40(46)39(38-53-54(50,51)52-37-36-45(3,4)5)44-43(49)35-31-34-42(48)41(47)33-30-28-26-24-21-19-17-15-13-11-9-7-2/h15,17,21,24,28,30,39-42,46-48H,6-14,16,18-20,22-23,25-27,29,31-38H2,1-5H3,(H-,44,49,50,51)/p+1/b17-15-,24-21-,30-28-/t39-,40+,41?,42?/m0/s1. The van der Waals surface area contributed by atoms with E-state index < -0.39 is 32.2 Å². The second kappa shape index (κ2) is 34.9. The van der Waals surface area contributed by atoms with Crippen LogP contribution in [0.3, 0.4) is 0 Å². The lowest BCUT2D eigenvalue weighted by Crippen LogP contribution is -2.46. The van der Waals surface area contributed by atoms with Crippen LogP contribution in [0.4, 0.5) is 0 Å². The van der Waals surface area contributed by atoms with Gasteiger partial charge in [-0.05, 0) is 51.4 Å². The first-order valence-electron chi connectivity index (χ1n) is 21.5. The molecule has 5 atom stereocenters. The average molecular weight is 788 g/mol. The number of rotatable bonds is 38. The van der Waals surface area contributed by atoms with Gasteiger partial charge in [0.15, 0.2) is 0 Å². The fourth-order valence-electron chi connectivity index (χ4n) is 5.97. The minimum absolute atomic E-state index is 0.0218. The summed E-state index contributed by atoms with van der Waals surface area (Å²) in [6.45, 7) is 4.60. The van der Waals surface area contributed by atoms with Gasteiger partial charge in [-0.2, -0.15) is 0 Å². The molecular weight excluding hydrogens is 703 g/mol. The van der Waals surface area contributed by atoms with Gasteiger partial charge in [-0.1, -0.05) is 147 Å². The van der Waals surface area contributed by atoms with Crippen molar-refractivity contribution in [3.63, 3.8) is 0 Å². The summed E-state index contributed by atoms with van der Waals surface area (Å²) in [4.78, 5) is 23.1. The number of nitrogens with one attached hydrogen (secondary N) is 1. The van der Waals surface area contributed by atoms with Crippen LogP contribution in [0.5, 0.6) is 0 Å². The zero-order valence-corrected chi connectivity index (χ0v) is 36.1. The first-order valence-corrected chi connectivity index (χ1v) is 23.0. The molecule has 0 aromatic rings. The number of phosphoric acid groups is 1. The van der Waals surface area contributed by atoms with Crippen LogP contribution in [0.2, 0.25) is 0 Å². The summed E-state index contributed by atoms with van der Waals surface area (Å²) in [5, 5.41) is 34.6. The maximum atomic E-state index is 12.9. The van der Waals surface area contributed by atoms with Crippen LogP contribution in [-0.4, -0.2) is 95.9 Å². The summed E-state index contributed by atoms with van der Waals surface area (Å²) in [6.07, 6.45) is 33.3. The smallest absolute Gasteiger partial charge is 0.391 e. The minimum atomic E-state index is -4.39. The Morgan fingerprint density at radius 3 is 1.72 bits per heavy atom. The van der Waals surface area contributed by atoms with E-state index in [4.69, 9.17) is 9.05 Å². The number of allylic oxidation sites excluding steroid dienone is 5. The third-order valence-electron chi connectivity index (χ3n) is 9.59. The second-order valence-electron chi connectivity index (χ2n) is 16.0. The SMILES string of the molecule is CCCCC/C=C\C/C=C\C/C=C\CC(O)C(O)CCCC(=O)N[C@@H](COP(=O)(O)OCC[N+](C)(C)C)[C@H](O)CCCCCCCCCCCCCCC. The summed E-state index contributed by atoms with van der Waals surface area (Å²) in [5.74, 6) is -0.365. The van der Waals surface area contributed by atoms with E-state index in [9.17, 15) is 29.6 Å². The molecular formula is C43H84N2O8P+. The summed E-state index contributed by atoms with van der Waals surface area (Å²) in [6, 6.07) is -0.895. The topological polar surface area (TPSA) is 146 Å². The molecule has 3 unspecified atom stereocenters. The van der Waals surface area contributed by atoms with Gasteiger partial charge >= 0.3 is 7.82 Å². The number of hydrogen-bond donors (Lipinski definition) is 5. The zero-order valence-electron chi connectivity index (χ0n) is 35.2. The van der Waals surface area contributed by atoms with E-state index in [1.165, 1.54) is 83.5 Å². The highest BCUT2D eigenvalue weighted by molar-refractivity contribution is 7.47. The van der Waals surface area contributed by atoms with Crippen molar-refractivity contribution in [3.8, 4) is 0 Å². The molecule has 0 aromatic carbocycles. The van der Waals surface area contributed by atoms with Crippen molar-refractivity contribution in [2.24, 2.45) is 0 Å². The first kappa shape index (κ1) is 52.6. The normalized spacial score (nSPS) is 15.9. The Kier molecular flexibility index (Phi) is 34.0. The molecule has 0 saturated heterocycles. The number of amides is 1. The van der Waals surface area contributed by atoms with Crippen molar-refractivity contribution in [1.82, 2.24) is 5.32 Å². The lowest BCUT2D eigenvalue weighted by atomic mass is 10.0. The molecule has 5 N–H and O–H groups in total. The van der Waals surface area contributed by atoms with Crippen molar-refractivity contribution < 1.29 is 43.1 Å². The Hall–Kier alpha value is -1.36. The van der Waals surface area contributed by atoms with Crippen LogP contribution >= 0.6 is 7.82 Å². The average Bonchev–Trinajstić information content (AvgIpc) is 3.11. The molecule has 0 fully saturated rings. The van der Waals surface area contributed by atoms with E-state index in [2.05, 4.69) is 43.5 Å². The number of phosphoric ester groups is 1. The third kappa shape index (κ3) is 35.1. The zero-order chi connectivity index (χ0) is 40.3. The van der Waals surface area contributed by atoms with E-state index in [-0.39, 0.29) is 32.0 Å². The molecule has 0 radical (unpaired) electrons. The summed E-state index contributed by atoms with van der Waals surface area (Å²) >= 11 is 0. The van der Waals surface area contributed by atoms with Crippen LogP contribution in [0.25, 0.3) is 0 Å². The highest BCUT2D eigenvalue weighted by Gasteiger charge is 2.28. The number of unbranched alkanes of at least 4 members (excludes halogenated alkanes) is 15. The molecule has 1 amide bonds. The fraction of sp³-hybridized carbons (Fsp3) is 0.837. The number of carbonyl (C=O) groups excluding carboxylic acids is 1. The second-order valence-corrected chi connectivity index (χ2v) is 17.5. The molecule has 0 heterocycles.